The molecule has 1 fully saturated rings. The third-order valence-corrected chi connectivity index (χ3v) is 4.06. The zero-order chi connectivity index (χ0) is 13.1. The largest absolute Gasteiger partial charge is 0.467 e. The van der Waals surface area contributed by atoms with Crippen molar-refractivity contribution in [2.24, 2.45) is 5.92 Å². The molecular formula is C14H24N2O2. The maximum atomic E-state index is 9.98. The number of aliphatic hydroxyl groups is 1. The average Bonchev–Trinajstić information content (AvgIpc) is 2.85. The van der Waals surface area contributed by atoms with E-state index in [4.69, 9.17) is 4.42 Å². The number of aliphatic hydroxyl groups excluding tert-OH is 1. The molecule has 1 aromatic heterocycles. The second-order valence-electron chi connectivity index (χ2n) is 5.55. The van der Waals surface area contributed by atoms with Crippen LogP contribution in [0.1, 0.15) is 32.1 Å². The van der Waals surface area contributed by atoms with E-state index in [-0.39, 0.29) is 0 Å². The van der Waals surface area contributed by atoms with Crippen molar-refractivity contribution in [3.63, 3.8) is 0 Å². The summed E-state index contributed by atoms with van der Waals surface area (Å²) in [5.41, 5.74) is 0. The first kappa shape index (κ1) is 13.6. The Morgan fingerprint density at radius 2 is 2.33 bits per heavy atom. The molecule has 18 heavy (non-hydrogen) atoms. The molecule has 0 saturated carbocycles. The first-order chi connectivity index (χ1) is 8.58. The van der Waals surface area contributed by atoms with Gasteiger partial charge in [-0.1, -0.05) is 6.92 Å². The number of rotatable bonds is 4. The van der Waals surface area contributed by atoms with Crippen molar-refractivity contribution in [2.75, 3.05) is 20.1 Å². The highest BCUT2D eigenvalue weighted by atomic mass is 16.4. The number of nitrogens with one attached hydrogen (secondary N) is 1. The highest BCUT2D eigenvalue weighted by molar-refractivity contribution is 5.02. The van der Waals surface area contributed by atoms with E-state index in [1.54, 1.807) is 12.3 Å². The van der Waals surface area contributed by atoms with Crippen molar-refractivity contribution in [1.29, 1.82) is 0 Å². The molecule has 1 saturated heterocycles. The van der Waals surface area contributed by atoms with E-state index >= 15 is 0 Å². The SMILES string of the molecule is CC1CN(C)C(C)CC1NCC(O)c1ccco1. The maximum absolute atomic E-state index is 9.98. The molecule has 1 aliphatic rings. The zero-order valence-corrected chi connectivity index (χ0v) is 11.5. The summed E-state index contributed by atoms with van der Waals surface area (Å²) in [6, 6.07) is 4.69. The monoisotopic (exact) mass is 252 g/mol. The summed E-state index contributed by atoms with van der Waals surface area (Å²) in [6.45, 7) is 6.18. The van der Waals surface area contributed by atoms with Crippen LogP contribution >= 0.6 is 0 Å². The lowest BCUT2D eigenvalue weighted by molar-refractivity contribution is 0.0989. The first-order valence-corrected chi connectivity index (χ1v) is 6.73. The van der Waals surface area contributed by atoms with Gasteiger partial charge in [0.05, 0.1) is 6.26 Å². The van der Waals surface area contributed by atoms with Crippen molar-refractivity contribution >= 4 is 0 Å². The fourth-order valence-electron chi connectivity index (χ4n) is 2.67. The number of furan rings is 1. The normalized spacial score (nSPS) is 31.4. The Kier molecular flexibility index (Phi) is 4.43. The summed E-state index contributed by atoms with van der Waals surface area (Å²) < 4.78 is 5.20. The van der Waals surface area contributed by atoms with Gasteiger partial charge in [-0.05, 0) is 38.4 Å². The van der Waals surface area contributed by atoms with Crippen molar-refractivity contribution in [2.45, 2.75) is 38.5 Å². The Bertz CT molecular complexity index is 353. The Morgan fingerprint density at radius 3 is 3.00 bits per heavy atom. The number of hydrogen-bond donors (Lipinski definition) is 2. The fraction of sp³-hybridized carbons (Fsp3) is 0.714. The van der Waals surface area contributed by atoms with Crippen molar-refractivity contribution in [3.05, 3.63) is 24.2 Å². The van der Waals surface area contributed by atoms with Crippen molar-refractivity contribution in [3.8, 4) is 0 Å². The molecule has 0 amide bonds. The Labute approximate surface area is 109 Å². The molecular weight excluding hydrogens is 228 g/mol. The van der Waals surface area contributed by atoms with Gasteiger partial charge in [-0.15, -0.1) is 0 Å². The van der Waals surface area contributed by atoms with E-state index in [2.05, 4.69) is 31.1 Å². The van der Waals surface area contributed by atoms with Crippen LogP contribution in [0.4, 0.5) is 0 Å². The van der Waals surface area contributed by atoms with Crippen LogP contribution in [0.15, 0.2) is 22.8 Å². The highest BCUT2D eigenvalue weighted by Gasteiger charge is 2.29. The summed E-state index contributed by atoms with van der Waals surface area (Å²) in [5, 5.41) is 13.5. The lowest BCUT2D eigenvalue weighted by atomic mass is 9.90. The van der Waals surface area contributed by atoms with Crippen LogP contribution < -0.4 is 5.32 Å². The topological polar surface area (TPSA) is 48.6 Å². The number of likely N-dealkylation sites (tertiary alicyclic amines) is 1. The minimum absolute atomic E-state index is 0.473. The lowest BCUT2D eigenvalue weighted by Crippen LogP contribution is -2.51. The average molecular weight is 252 g/mol. The van der Waals surface area contributed by atoms with Crippen LogP contribution in [0.25, 0.3) is 0 Å². The minimum Gasteiger partial charge on any atom is -0.467 e. The number of piperidine rings is 1. The molecule has 0 radical (unpaired) electrons. The summed E-state index contributed by atoms with van der Waals surface area (Å²) in [5.74, 6) is 1.24. The standard InChI is InChI=1S/C14H24N2O2/c1-10-9-16(3)11(2)7-12(10)15-8-13(17)14-5-4-6-18-14/h4-6,10-13,15,17H,7-9H2,1-3H3. The molecule has 0 spiro atoms. The van der Waals surface area contributed by atoms with Gasteiger partial charge in [0.15, 0.2) is 0 Å². The molecule has 0 aliphatic carbocycles. The van der Waals surface area contributed by atoms with Gasteiger partial charge < -0.3 is 19.7 Å². The molecule has 2 N–H and O–H groups in total. The zero-order valence-electron chi connectivity index (χ0n) is 11.5. The number of nitrogens with zero attached hydrogens (tertiary/aromatic N) is 1. The second kappa shape index (κ2) is 5.87. The molecule has 4 heteroatoms. The molecule has 2 rings (SSSR count). The molecule has 4 nitrogen and oxygen atoms in total. The Morgan fingerprint density at radius 1 is 1.56 bits per heavy atom. The van der Waals surface area contributed by atoms with Gasteiger partial charge in [0.2, 0.25) is 0 Å². The Balaban J connectivity index is 1.83. The van der Waals surface area contributed by atoms with Gasteiger partial charge in [0, 0.05) is 25.2 Å². The molecule has 102 valence electrons. The lowest BCUT2D eigenvalue weighted by Gasteiger charge is -2.40. The molecule has 4 atom stereocenters. The van der Waals surface area contributed by atoms with Crippen LogP contribution in [-0.2, 0) is 0 Å². The van der Waals surface area contributed by atoms with E-state index in [0.29, 0.717) is 30.3 Å². The Hall–Kier alpha value is -0.840. The molecule has 0 aromatic carbocycles. The summed E-state index contributed by atoms with van der Waals surface area (Å²) in [7, 11) is 2.18. The maximum Gasteiger partial charge on any atom is 0.133 e. The van der Waals surface area contributed by atoms with Crippen LogP contribution in [0, 0.1) is 5.92 Å². The third-order valence-electron chi connectivity index (χ3n) is 4.06. The van der Waals surface area contributed by atoms with Gasteiger partial charge in [-0.3, -0.25) is 0 Å². The quantitative estimate of drug-likeness (QED) is 0.855. The fourth-order valence-corrected chi connectivity index (χ4v) is 2.67. The van der Waals surface area contributed by atoms with E-state index in [1.165, 1.54) is 0 Å². The highest BCUT2D eigenvalue weighted by Crippen LogP contribution is 2.21. The summed E-state index contributed by atoms with van der Waals surface area (Å²) >= 11 is 0. The molecule has 1 aromatic rings. The molecule has 1 aliphatic heterocycles. The summed E-state index contributed by atoms with van der Waals surface area (Å²) in [4.78, 5) is 2.39. The number of hydrogen-bond acceptors (Lipinski definition) is 4. The van der Waals surface area contributed by atoms with E-state index < -0.39 is 6.10 Å². The van der Waals surface area contributed by atoms with Crippen LogP contribution in [-0.4, -0.2) is 42.2 Å². The van der Waals surface area contributed by atoms with Gasteiger partial charge >= 0.3 is 0 Å². The van der Waals surface area contributed by atoms with Crippen LogP contribution in [0.3, 0.4) is 0 Å². The molecule has 2 heterocycles. The molecule has 4 unspecified atom stereocenters. The minimum atomic E-state index is -0.554. The van der Waals surface area contributed by atoms with Gasteiger partial charge in [0.1, 0.15) is 11.9 Å². The van der Waals surface area contributed by atoms with Crippen molar-refractivity contribution < 1.29 is 9.52 Å². The molecule has 0 bridgehead atoms. The van der Waals surface area contributed by atoms with Gasteiger partial charge in [0.25, 0.3) is 0 Å². The summed E-state index contributed by atoms with van der Waals surface area (Å²) in [6.07, 6.45) is 2.17. The second-order valence-corrected chi connectivity index (χ2v) is 5.55. The van der Waals surface area contributed by atoms with Crippen LogP contribution in [0.2, 0.25) is 0 Å². The first-order valence-electron chi connectivity index (χ1n) is 6.73. The van der Waals surface area contributed by atoms with E-state index in [1.807, 2.05) is 6.07 Å². The van der Waals surface area contributed by atoms with E-state index in [0.717, 1.165) is 13.0 Å². The van der Waals surface area contributed by atoms with Gasteiger partial charge in [-0.2, -0.15) is 0 Å². The smallest absolute Gasteiger partial charge is 0.133 e. The van der Waals surface area contributed by atoms with Crippen LogP contribution in [0.5, 0.6) is 0 Å². The third kappa shape index (κ3) is 3.13. The van der Waals surface area contributed by atoms with Gasteiger partial charge in [-0.25, -0.2) is 0 Å². The predicted molar refractivity (Wildman–Crippen MR) is 71.3 cm³/mol. The van der Waals surface area contributed by atoms with Crippen molar-refractivity contribution in [1.82, 2.24) is 10.2 Å². The predicted octanol–water partition coefficient (Wildman–Crippen LogP) is 1.63. The van der Waals surface area contributed by atoms with E-state index in [9.17, 15) is 5.11 Å².